The minimum atomic E-state index is -0.966. The Balaban J connectivity index is 1.47. The number of ether oxygens (including phenoxy) is 2. The topological polar surface area (TPSA) is 117 Å². The maximum absolute atomic E-state index is 12.1. The van der Waals surface area contributed by atoms with Crippen LogP contribution < -0.4 is 10.1 Å². The van der Waals surface area contributed by atoms with Crippen LogP contribution in [0.5, 0.6) is 5.75 Å². The number of carbonyl (C=O) groups is 2. The number of hydrogen-bond donors (Lipinski definition) is 1. The van der Waals surface area contributed by atoms with Crippen LogP contribution in [0.25, 0.3) is 0 Å². The Kier molecular flexibility index (Phi) is 6.51. The summed E-state index contributed by atoms with van der Waals surface area (Å²) in [6, 6.07) is 8.65. The van der Waals surface area contributed by atoms with Crippen molar-refractivity contribution in [1.29, 1.82) is 0 Å². The van der Waals surface area contributed by atoms with Crippen molar-refractivity contribution in [3.63, 3.8) is 0 Å². The average molecular weight is 413 g/mol. The highest BCUT2D eigenvalue weighted by Crippen LogP contribution is 2.18. The van der Waals surface area contributed by atoms with E-state index < -0.39 is 18.0 Å². The van der Waals surface area contributed by atoms with Crippen molar-refractivity contribution in [2.75, 3.05) is 5.32 Å². The van der Waals surface area contributed by atoms with Crippen molar-refractivity contribution in [2.24, 2.45) is 0 Å². The molecule has 0 aliphatic carbocycles. The van der Waals surface area contributed by atoms with E-state index in [1.807, 2.05) is 13.8 Å². The molecule has 3 aromatic rings. The molecule has 9 heteroatoms. The largest absolute Gasteiger partial charge is 0.489 e. The van der Waals surface area contributed by atoms with E-state index in [-0.39, 0.29) is 12.2 Å². The minimum absolute atomic E-state index is 0.0326. The van der Waals surface area contributed by atoms with E-state index in [0.29, 0.717) is 18.1 Å². The molecule has 1 amide bonds. The van der Waals surface area contributed by atoms with E-state index in [2.05, 4.69) is 15.6 Å². The van der Waals surface area contributed by atoms with Crippen LogP contribution >= 0.6 is 0 Å². The number of aryl methyl sites for hydroxylation is 3. The van der Waals surface area contributed by atoms with Crippen molar-refractivity contribution >= 4 is 17.7 Å². The van der Waals surface area contributed by atoms with Gasteiger partial charge in [-0.1, -0.05) is 22.4 Å². The molecule has 9 nitrogen and oxygen atoms in total. The van der Waals surface area contributed by atoms with Crippen LogP contribution in [0.2, 0.25) is 0 Å². The molecule has 30 heavy (non-hydrogen) atoms. The fraction of sp³-hybridized carbons (Fsp3) is 0.333. The average Bonchev–Trinajstić information content (AvgIpc) is 3.25. The molecule has 0 saturated heterocycles. The molecule has 2 aromatic heterocycles. The molecule has 0 spiro atoms. The standard InChI is InChI=1S/C21H23N3O6/c1-12-9-19(24-29-12)22-21(26)15(4)28-20(25)10-16-5-7-17(8-6-16)27-11-18-13(2)23-30-14(18)3/h5-9,15H,10-11H2,1-4H3,(H,22,24,26)/t15-/m0/s1. The third kappa shape index (κ3) is 5.47. The third-order valence-electron chi connectivity index (χ3n) is 4.39. The first-order chi connectivity index (χ1) is 14.3. The first-order valence-corrected chi connectivity index (χ1v) is 9.39. The van der Waals surface area contributed by atoms with Gasteiger partial charge < -0.3 is 23.8 Å². The molecule has 3 rings (SSSR count). The number of rotatable bonds is 8. The molecule has 0 aliphatic rings. The van der Waals surface area contributed by atoms with Crippen molar-refractivity contribution < 1.29 is 28.1 Å². The van der Waals surface area contributed by atoms with Gasteiger partial charge in [-0.05, 0) is 45.4 Å². The molecule has 1 atom stereocenters. The zero-order valence-corrected chi connectivity index (χ0v) is 17.2. The fourth-order valence-electron chi connectivity index (χ4n) is 2.68. The summed E-state index contributed by atoms with van der Waals surface area (Å²) in [5.41, 5.74) is 2.45. The first-order valence-electron chi connectivity index (χ1n) is 9.39. The Morgan fingerprint density at radius 2 is 1.83 bits per heavy atom. The maximum Gasteiger partial charge on any atom is 0.311 e. The second-order valence-electron chi connectivity index (χ2n) is 6.86. The number of aromatic nitrogens is 2. The van der Waals surface area contributed by atoms with Crippen LogP contribution in [0.3, 0.4) is 0 Å². The van der Waals surface area contributed by atoms with Gasteiger partial charge in [0.05, 0.1) is 17.7 Å². The van der Waals surface area contributed by atoms with Crippen LogP contribution in [0.1, 0.15) is 35.3 Å². The van der Waals surface area contributed by atoms with E-state index in [1.54, 1.807) is 37.3 Å². The van der Waals surface area contributed by atoms with Crippen molar-refractivity contribution in [2.45, 2.75) is 46.8 Å². The number of esters is 1. The highest BCUT2D eigenvalue weighted by Gasteiger charge is 2.19. The van der Waals surface area contributed by atoms with Gasteiger partial charge in [0.15, 0.2) is 11.9 Å². The fourth-order valence-corrected chi connectivity index (χ4v) is 2.68. The van der Waals surface area contributed by atoms with Crippen LogP contribution in [0.15, 0.2) is 39.4 Å². The van der Waals surface area contributed by atoms with Gasteiger partial charge in [-0.25, -0.2) is 0 Å². The summed E-state index contributed by atoms with van der Waals surface area (Å²) in [6.45, 7) is 7.24. The number of nitrogens with zero attached hydrogens (tertiary/aromatic N) is 2. The molecule has 158 valence electrons. The van der Waals surface area contributed by atoms with Gasteiger partial charge in [-0.15, -0.1) is 0 Å². The lowest BCUT2D eigenvalue weighted by Crippen LogP contribution is -2.30. The van der Waals surface area contributed by atoms with Crippen molar-refractivity contribution in [3.8, 4) is 5.75 Å². The highest BCUT2D eigenvalue weighted by molar-refractivity contribution is 5.94. The Bertz CT molecular complexity index is 1000. The number of hydrogen-bond acceptors (Lipinski definition) is 8. The summed E-state index contributed by atoms with van der Waals surface area (Å²) in [6.07, 6.45) is -0.933. The zero-order valence-electron chi connectivity index (χ0n) is 17.2. The molecule has 0 aliphatic heterocycles. The molecule has 1 aromatic carbocycles. The minimum Gasteiger partial charge on any atom is -0.489 e. The molecular formula is C21H23N3O6. The number of anilines is 1. The summed E-state index contributed by atoms with van der Waals surface area (Å²) in [4.78, 5) is 24.2. The normalized spacial score (nSPS) is 11.7. The highest BCUT2D eigenvalue weighted by atomic mass is 16.5. The quantitative estimate of drug-likeness (QED) is 0.559. The van der Waals surface area contributed by atoms with Gasteiger partial charge in [0.1, 0.15) is 23.9 Å². The molecule has 0 fully saturated rings. The maximum atomic E-state index is 12.1. The lowest BCUT2D eigenvalue weighted by Gasteiger charge is -2.12. The summed E-state index contributed by atoms with van der Waals surface area (Å²) >= 11 is 0. The predicted octanol–water partition coefficient (Wildman–Crippen LogP) is 3.28. The first kappa shape index (κ1) is 21.1. The Hall–Kier alpha value is -3.62. The van der Waals surface area contributed by atoms with E-state index in [4.69, 9.17) is 18.5 Å². The molecule has 2 heterocycles. The van der Waals surface area contributed by atoms with Gasteiger partial charge in [0, 0.05) is 6.07 Å². The molecule has 0 saturated carbocycles. The molecule has 0 bridgehead atoms. The monoisotopic (exact) mass is 413 g/mol. The van der Waals surface area contributed by atoms with Crippen LogP contribution in [-0.4, -0.2) is 28.3 Å². The predicted molar refractivity (Wildman–Crippen MR) is 106 cm³/mol. The van der Waals surface area contributed by atoms with Crippen LogP contribution in [0, 0.1) is 20.8 Å². The van der Waals surface area contributed by atoms with Gasteiger partial charge in [0.25, 0.3) is 5.91 Å². The summed E-state index contributed by atoms with van der Waals surface area (Å²) < 4.78 is 20.9. The van der Waals surface area contributed by atoms with Gasteiger partial charge >= 0.3 is 5.97 Å². The van der Waals surface area contributed by atoms with E-state index in [1.165, 1.54) is 6.92 Å². The Labute approximate surface area is 173 Å². The molecule has 0 radical (unpaired) electrons. The lowest BCUT2D eigenvalue weighted by molar-refractivity contribution is -0.152. The SMILES string of the molecule is Cc1cc(NC(=O)[C@H](C)OC(=O)Cc2ccc(OCc3c(C)noc3C)cc2)no1. The van der Waals surface area contributed by atoms with Gasteiger partial charge in [-0.3, -0.25) is 9.59 Å². The van der Waals surface area contributed by atoms with Crippen molar-refractivity contribution in [1.82, 2.24) is 10.3 Å². The summed E-state index contributed by atoms with van der Waals surface area (Å²) in [5, 5.41) is 10.1. The smallest absolute Gasteiger partial charge is 0.311 e. The van der Waals surface area contributed by atoms with Crippen LogP contribution in [0.4, 0.5) is 5.82 Å². The number of amides is 1. The lowest BCUT2D eigenvalue weighted by atomic mass is 10.1. The van der Waals surface area contributed by atoms with E-state index >= 15 is 0 Å². The van der Waals surface area contributed by atoms with Gasteiger partial charge in [0.2, 0.25) is 0 Å². The number of carbonyl (C=O) groups excluding carboxylic acids is 2. The second kappa shape index (κ2) is 9.25. The number of benzene rings is 1. The number of nitrogens with one attached hydrogen (secondary N) is 1. The Morgan fingerprint density at radius 1 is 1.10 bits per heavy atom. The van der Waals surface area contributed by atoms with Gasteiger partial charge in [-0.2, -0.15) is 0 Å². The van der Waals surface area contributed by atoms with E-state index in [9.17, 15) is 9.59 Å². The molecule has 0 unspecified atom stereocenters. The van der Waals surface area contributed by atoms with Crippen molar-refractivity contribution in [3.05, 3.63) is 58.7 Å². The molecular weight excluding hydrogens is 390 g/mol. The van der Waals surface area contributed by atoms with Crippen LogP contribution in [-0.2, 0) is 27.4 Å². The second-order valence-corrected chi connectivity index (χ2v) is 6.86. The third-order valence-corrected chi connectivity index (χ3v) is 4.39. The summed E-state index contributed by atoms with van der Waals surface area (Å²) in [7, 11) is 0. The molecule has 1 N–H and O–H groups in total. The Morgan fingerprint density at radius 3 is 2.43 bits per heavy atom. The summed E-state index contributed by atoms with van der Waals surface area (Å²) in [5.74, 6) is 1.21. The zero-order chi connectivity index (χ0) is 21.7. The van der Waals surface area contributed by atoms with E-state index in [0.717, 1.165) is 22.6 Å².